The van der Waals surface area contributed by atoms with Crippen LogP contribution in [-0.4, -0.2) is 21.9 Å². The molecule has 6 heteroatoms. The summed E-state index contributed by atoms with van der Waals surface area (Å²) in [6, 6.07) is 15.4. The van der Waals surface area contributed by atoms with E-state index in [4.69, 9.17) is 0 Å². The van der Waals surface area contributed by atoms with Gasteiger partial charge >= 0.3 is 0 Å². The molecule has 2 aromatic heterocycles. The van der Waals surface area contributed by atoms with Crippen LogP contribution in [-0.2, 0) is 0 Å². The van der Waals surface area contributed by atoms with E-state index in [0.717, 1.165) is 32.6 Å². The van der Waals surface area contributed by atoms with Crippen LogP contribution in [0.25, 0.3) is 11.3 Å². The molecular weight excluding hydrogens is 338 g/mol. The molecule has 0 spiro atoms. The van der Waals surface area contributed by atoms with Gasteiger partial charge in [0.15, 0.2) is 0 Å². The first-order valence-corrected chi connectivity index (χ1v) is 9.40. The first-order chi connectivity index (χ1) is 11.7. The van der Waals surface area contributed by atoms with Crippen LogP contribution in [0.5, 0.6) is 0 Å². The van der Waals surface area contributed by atoms with Gasteiger partial charge in [-0.25, -0.2) is 0 Å². The molecule has 1 amide bonds. The summed E-state index contributed by atoms with van der Waals surface area (Å²) < 4.78 is 0. The number of nitrogens with one attached hydrogen (secondary N) is 1. The molecule has 0 fully saturated rings. The molecule has 0 atom stereocenters. The third-order valence-corrected chi connectivity index (χ3v) is 5.11. The molecule has 3 rings (SSSR count). The van der Waals surface area contributed by atoms with Crippen LogP contribution in [0.2, 0.25) is 0 Å². The van der Waals surface area contributed by atoms with E-state index >= 15 is 0 Å². The van der Waals surface area contributed by atoms with Gasteiger partial charge in [-0.15, -0.1) is 33.3 Å². The number of amides is 1. The Balaban J connectivity index is 1.77. The van der Waals surface area contributed by atoms with Crippen LogP contribution in [0.1, 0.15) is 21.5 Å². The van der Waals surface area contributed by atoms with E-state index in [0.29, 0.717) is 4.88 Å². The third-order valence-electron chi connectivity index (χ3n) is 3.31. The van der Waals surface area contributed by atoms with Crippen molar-refractivity contribution in [3.8, 4) is 11.3 Å². The normalized spacial score (nSPS) is 10.6. The van der Waals surface area contributed by atoms with E-state index < -0.39 is 0 Å². The second-order valence-electron chi connectivity index (χ2n) is 5.14. The van der Waals surface area contributed by atoms with Crippen molar-refractivity contribution in [3.63, 3.8) is 0 Å². The number of hydrogen-bond acceptors (Lipinski definition) is 5. The Hall–Kier alpha value is -2.18. The van der Waals surface area contributed by atoms with Crippen LogP contribution in [0, 0.1) is 6.92 Å². The van der Waals surface area contributed by atoms with Gasteiger partial charge in [-0.05, 0) is 49.1 Å². The molecule has 0 aliphatic carbocycles. The molecule has 3 aromatic rings. The highest BCUT2D eigenvalue weighted by Crippen LogP contribution is 2.23. The molecule has 0 unspecified atom stereocenters. The Morgan fingerprint density at radius 3 is 2.71 bits per heavy atom. The number of thiophene rings is 1. The fraction of sp³-hybridized carbons (Fsp3) is 0.167. The van der Waals surface area contributed by atoms with Crippen LogP contribution in [0.3, 0.4) is 0 Å². The number of benzene rings is 1. The number of nitrogens with zero attached hydrogens (tertiary/aromatic N) is 2. The molecule has 0 aliphatic rings. The number of carbonyl (C=O) groups is 1. The summed E-state index contributed by atoms with van der Waals surface area (Å²) in [4.78, 5) is 14.1. The van der Waals surface area contributed by atoms with Gasteiger partial charge in [0.25, 0.3) is 5.91 Å². The number of anilines is 1. The van der Waals surface area contributed by atoms with Gasteiger partial charge in [0.05, 0.1) is 10.6 Å². The lowest BCUT2D eigenvalue weighted by Gasteiger charge is -2.06. The van der Waals surface area contributed by atoms with Gasteiger partial charge in [0.2, 0.25) is 0 Å². The largest absolute Gasteiger partial charge is 0.321 e. The Morgan fingerprint density at radius 1 is 1.17 bits per heavy atom. The maximum Gasteiger partial charge on any atom is 0.265 e. The lowest BCUT2D eigenvalue weighted by Crippen LogP contribution is -2.10. The van der Waals surface area contributed by atoms with Crippen molar-refractivity contribution in [1.82, 2.24) is 10.2 Å². The maximum absolute atomic E-state index is 12.3. The SMILES string of the molecule is CCSc1ccc(-c2cccc(NC(=O)c3ccc(C)s3)c2)nn1. The van der Waals surface area contributed by atoms with E-state index in [-0.39, 0.29) is 5.91 Å². The lowest BCUT2D eigenvalue weighted by atomic mass is 10.1. The monoisotopic (exact) mass is 355 g/mol. The van der Waals surface area contributed by atoms with Gasteiger partial charge in [0.1, 0.15) is 5.03 Å². The number of carbonyl (C=O) groups excluding carboxylic acids is 1. The Kier molecular flexibility index (Phi) is 5.27. The maximum atomic E-state index is 12.3. The van der Waals surface area contributed by atoms with Gasteiger partial charge in [-0.1, -0.05) is 19.1 Å². The van der Waals surface area contributed by atoms with Crippen LogP contribution < -0.4 is 5.32 Å². The van der Waals surface area contributed by atoms with Crippen molar-refractivity contribution < 1.29 is 4.79 Å². The van der Waals surface area contributed by atoms with Crippen molar-refractivity contribution in [2.24, 2.45) is 0 Å². The van der Waals surface area contributed by atoms with Crippen LogP contribution >= 0.6 is 23.1 Å². The fourth-order valence-electron chi connectivity index (χ4n) is 2.20. The topological polar surface area (TPSA) is 54.9 Å². The van der Waals surface area contributed by atoms with Crippen molar-refractivity contribution in [3.05, 3.63) is 58.3 Å². The summed E-state index contributed by atoms with van der Waals surface area (Å²) in [5.41, 5.74) is 2.46. The number of hydrogen-bond donors (Lipinski definition) is 1. The van der Waals surface area contributed by atoms with Crippen LogP contribution in [0.4, 0.5) is 5.69 Å². The summed E-state index contributed by atoms with van der Waals surface area (Å²) in [5.74, 6) is 0.878. The molecule has 0 radical (unpaired) electrons. The highest BCUT2D eigenvalue weighted by atomic mass is 32.2. The average Bonchev–Trinajstić information content (AvgIpc) is 3.03. The van der Waals surface area contributed by atoms with Gasteiger partial charge in [-0.3, -0.25) is 4.79 Å². The highest BCUT2D eigenvalue weighted by molar-refractivity contribution is 7.99. The molecular formula is C18H17N3OS2. The van der Waals surface area contributed by atoms with E-state index in [1.165, 1.54) is 11.3 Å². The second kappa shape index (κ2) is 7.59. The predicted molar refractivity (Wildman–Crippen MR) is 101 cm³/mol. The van der Waals surface area contributed by atoms with E-state index in [2.05, 4.69) is 22.4 Å². The summed E-state index contributed by atoms with van der Waals surface area (Å²) in [6.07, 6.45) is 0. The Morgan fingerprint density at radius 2 is 2.04 bits per heavy atom. The van der Waals surface area contributed by atoms with E-state index in [1.807, 2.05) is 55.5 Å². The van der Waals surface area contributed by atoms with Crippen molar-refractivity contribution in [2.75, 3.05) is 11.1 Å². The fourth-order valence-corrected chi connectivity index (χ4v) is 3.53. The molecule has 0 saturated carbocycles. The molecule has 2 heterocycles. The van der Waals surface area contributed by atoms with Crippen molar-refractivity contribution >= 4 is 34.7 Å². The molecule has 4 nitrogen and oxygen atoms in total. The average molecular weight is 355 g/mol. The molecule has 1 N–H and O–H groups in total. The predicted octanol–water partition coefficient (Wildman–Crippen LogP) is 4.88. The van der Waals surface area contributed by atoms with Gasteiger partial charge in [-0.2, -0.15) is 0 Å². The quantitative estimate of drug-likeness (QED) is 0.663. The zero-order valence-electron chi connectivity index (χ0n) is 13.4. The Labute approximate surface area is 149 Å². The van der Waals surface area contributed by atoms with E-state index in [1.54, 1.807) is 11.8 Å². The number of aryl methyl sites for hydroxylation is 1. The standard InChI is InChI=1S/C18H17N3OS2/c1-3-23-17-10-8-15(20-21-17)13-5-4-6-14(11-13)19-18(22)16-9-7-12(2)24-16/h4-11H,3H2,1-2H3,(H,19,22). The minimum Gasteiger partial charge on any atom is -0.321 e. The first kappa shape index (κ1) is 16.7. The molecule has 122 valence electrons. The zero-order valence-corrected chi connectivity index (χ0v) is 15.1. The zero-order chi connectivity index (χ0) is 16.9. The van der Waals surface area contributed by atoms with Crippen LogP contribution in [0.15, 0.2) is 53.6 Å². The smallest absolute Gasteiger partial charge is 0.265 e. The van der Waals surface area contributed by atoms with Gasteiger partial charge in [0, 0.05) is 16.1 Å². The number of aromatic nitrogens is 2. The van der Waals surface area contributed by atoms with Gasteiger partial charge < -0.3 is 5.32 Å². The molecule has 1 aromatic carbocycles. The summed E-state index contributed by atoms with van der Waals surface area (Å²) in [5, 5.41) is 12.3. The molecule has 0 saturated heterocycles. The number of rotatable bonds is 5. The van der Waals surface area contributed by atoms with E-state index in [9.17, 15) is 4.79 Å². The summed E-state index contributed by atoms with van der Waals surface area (Å²) in [7, 11) is 0. The van der Waals surface area contributed by atoms with Crippen molar-refractivity contribution in [2.45, 2.75) is 18.9 Å². The number of thioether (sulfide) groups is 1. The minimum atomic E-state index is -0.0916. The Bertz CT molecular complexity index is 843. The summed E-state index contributed by atoms with van der Waals surface area (Å²) in [6.45, 7) is 4.07. The minimum absolute atomic E-state index is 0.0916. The second-order valence-corrected chi connectivity index (χ2v) is 7.71. The summed E-state index contributed by atoms with van der Waals surface area (Å²) >= 11 is 3.15. The lowest BCUT2D eigenvalue weighted by molar-refractivity contribution is 0.103. The molecule has 0 bridgehead atoms. The molecule has 24 heavy (non-hydrogen) atoms. The highest BCUT2D eigenvalue weighted by Gasteiger charge is 2.09. The first-order valence-electron chi connectivity index (χ1n) is 7.60. The van der Waals surface area contributed by atoms with Crippen molar-refractivity contribution in [1.29, 1.82) is 0 Å². The molecule has 0 aliphatic heterocycles. The third kappa shape index (κ3) is 4.01.